The summed E-state index contributed by atoms with van der Waals surface area (Å²) in [6.45, 7) is 9.65. The normalized spacial score (nSPS) is 14.8. The van der Waals surface area contributed by atoms with Gasteiger partial charge < -0.3 is 90.4 Å². The molecule has 10 atom stereocenters. The lowest BCUT2D eigenvalue weighted by Gasteiger charge is -2.31. The molecule has 36 heteroatoms. The highest BCUT2D eigenvalue weighted by atomic mass is 35.5. The summed E-state index contributed by atoms with van der Waals surface area (Å²) < 4.78 is 0. The van der Waals surface area contributed by atoms with Gasteiger partial charge in [-0.1, -0.05) is 100.0 Å². The molecule has 0 saturated carbocycles. The number of aromatic nitrogens is 5. The molecule has 0 spiro atoms. The van der Waals surface area contributed by atoms with Gasteiger partial charge in [-0.05, 0) is 142 Å². The van der Waals surface area contributed by atoms with Crippen molar-refractivity contribution in [2.75, 3.05) is 44.3 Å². The van der Waals surface area contributed by atoms with E-state index < -0.39 is 144 Å². The highest BCUT2D eigenvalue weighted by Gasteiger charge is 2.41. The standard InChI is InChI=1S/C80H107ClN20O15/c1-46(2)39-59(71(106)96-58(22-11-12-31-85-47(3)4)79(114)101-38-16-23-64(101)76(111)92-48(5)80(115)116)97-70(105)57(21-10-14-33-91-78(113)66-68(83)89-37-35-87-66)94-69(104)56(20-9-13-32-90-77(112)65-67(82)88-36-34-86-65)95-75(110)63(45-102)100-74(109)62(43-52-17-15-30-84-44-52)99-73(108)61(41-50-25-28-55(81)29-26-50)98-72(107)60(93-49(6)103)42-51-24-27-53-18-7-8-19-54(53)40-51/h7-8,15,17-19,24-30,34-37,40,44,46-48,56-64,85,102H,9-14,16,20-23,31-33,38-39,41-43,45H2,1-6H3,(H2,82,88)(H2,83,89)(H,90,112)(H,91,113)(H,92,111)(H,93,103)(H,94,104)(H,95,110)(H,96,106)(H,97,105)(H,98,107)(H,99,108)(H,100,109)(H,115,116)/t48-,56-,57-,58-,59-,60-,61-,62-,63-,64+/m0/s1. The van der Waals surface area contributed by atoms with E-state index in [4.69, 9.17) is 23.1 Å². The SMILES string of the molecule is CC(=O)N[C@@H](Cc1ccc2ccccc2c1)C(=O)N[C@@H](Cc1ccc(Cl)cc1)C(=O)N[C@@H](Cc1cccnc1)C(=O)N[C@@H](CO)C(=O)N[C@@H](CCCCNC(=O)c1nccnc1N)C(=O)N[C@@H](CCCCNC(=O)c1nccnc1N)C(=O)N[C@@H](CC(C)C)C(=O)N[C@@H](CCCCNC(C)C)C(=O)N1CCC[C@@H]1C(=O)N[C@@H](C)C(=O)O. The van der Waals surface area contributed by atoms with E-state index in [2.05, 4.69) is 88.7 Å². The zero-order chi connectivity index (χ0) is 84.4. The minimum atomic E-state index is -1.87. The van der Waals surface area contributed by atoms with Gasteiger partial charge in [-0.3, -0.25) is 67.3 Å². The summed E-state index contributed by atoms with van der Waals surface area (Å²) in [5.74, 6) is -11.4. The number of rotatable bonds is 46. The third-order valence-corrected chi connectivity index (χ3v) is 19.4. The number of nitrogens with zero attached hydrogens (tertiary/aromatic N) is 6. The van der Waals surface area contributed by atoms with E-state index in [1.165, 1.54) is 55.9 Å². The van der Waals surface area contributed by atoms with Crippen molar-refractivity contribution in [3.05, 3.63) is 149 Å². The summed E-state index contributed by atoms with van der Waals surface area (Å²) in [7, 11) is 0. The fourth-order valence-corrected chi connectivity index (χ4v) is 13.1. The van der Waals surface area contributed by atoms with Crippen molar-refractivity contribution in [2.45, 2.75) is 204 Å². The number of fused-ring (bicyclic) bond motifs is 1. The van der Waals surface area contributed by atoms with Gasteiger partial charge in [0.25, 0.3) is 11.8 Å². The second kappa shape index (κ2) is 46.5. The number of carbonyl (C=O) groups is 13. The molecule has 35 nitrogen and oxygen atoms in total. The predicted molar refractivity (Wildman–Crippen MR) is 431 cm³/mol. The molecule has 116 heavy (non-hydrogen) atoms. The second-order valence-electron chi connectivity index (χ2n) is 29.2. The molecular formula is C80H107ClN20O15. The first-order chi connectivity index (χ1) is 55.5. The summed E-state index contributed by atoms with van der Waals surface area (Å²) in [5.41, 5.74) is 13.2. The van der Waals surface area contributed by atoms with Gasteiger partial charge in [0, 0.05) is 94.1 Å². The number of anilines is 2. The largest absolute Gasteiger partial charge is 0.480 e. The number of benzene rings is 3. The number of nitrogens with two attached hydrogens (primary N) is 2. The van der Waals surface area contributed by atoms with Gasteiger partial charge in [-0.25, -0.2) is 19.9 Å². The van der Waals surface area contributed by atoms with Crippen LogP contribution in [0.4, 0.5) is 11.6 Å². The van der Waals surface area contributed by atoms with Crippen LogP contribution < -0.4 is 75.3 Å². The van der Waals surface area contributed by atoms with E-state index in [0.29, 0.717) is 47.5 Å². The maximum absolute atomic E-state index is 15.2. The third-order valence-electron chi connectivity index (χ3n) is 19.1. The Morgan fingerprint density at radius 1 is 0.500 bits per heavy atom. The van der Waals surface area contributed by atoms with Crippen molar-refractivity contribution >= 4 is 111 Å². The van der Waals surface area contributed by atoms with Crippen LogP contribution in [0.1, 0.15) is 156 Å². The van der Waals surface area contributed by atoms with Crippen LogP contribution in [0.3, 0.4) is 0 Å². The highest BCUT2D eigenvalue weighted by Crippen LogP contribution is 2.23. The van der Waals surface area contributed by atoms with Crippen LogP contribution in [-0.2, 0) is 72.0 Å². The number of carboxylic acid groups (broad SMARTS) is 1. The Morgan fingerprint density at radius 2 is 0.966 bits per heavy atom. The summed E-state index contributed by atoms with van der Waals surface area (Å²) >= 11 is 6.26. The van der Waals surface area contributed by atoms with Crippen molar-refractivity contribution in [1.29, 1.82) is 0 Å². The van der Waals surface area contributed by atoms with E-state index in [1.54, 1.807) is 50.2 Å². The van der Waals surface area contributed by atoms with E-state index in [0.717, 1.165) is 10.8 Å². The van der Waals surface area contributed by atoms with Crippen molar-refractivity contribution < 1.29 is 72.5 Å². The second-order valence-corrected chi connectivity index (χ2v) is 29.7. The first-order valence-electron chi connectivity index (χ1n) is 38.9. The first-order valence-corrected chi connectivity index (χ1v) is 39.2. The van der Waals surface area contributed by atoms with Crippen LogP contribution in [0, 0.1) is 5.92 Å². The number of aliphatic hydroxyl groups excluding tert-OH is 1. The molecule has 0 bridgehead atoms. The number of pyridine rings is 1. The smallest absolute Gasteiger partial charge is 0.325 e. The first kappa shape index (κ1) is 91.3. The van der Waals surface area contributed by atoms with Crippen LogP contribution in [0.15, 0.2) is 116 Å². The number of amides is 12. The molecule has 6 aromatic rings. The zero-order valence-corrected chi connectivity index (χ0v) is 66.7. The number of aliphatic carboxylic acids is 1. The van der Waals surface area contributed by atoms with E-state index in [9.17, 15) is 63.0 Å². The average molecular weight is 1620 g/mol. The lowest BCUT2D eigenvalue weighted by molar-refractivity contribution is -0.144. The summed E-state index contributed by atoms with van der Waals surface area (Å²) in [5, 5.41) is 55.7. The Balaban J connectivity index is 1.16. The maximum atomic E-state index is 15.2. The fourth-order valence-electron chi connectivity index (χ4n) is 13.0. The molecule has 624 valence electrons. The molecule has 1 fully saturated rings. The number of nitrogen functional groups attached to an aromatic ring is 2. The number of carboxylic acids is 1. The number of likely N-dealkylation sites (tertiary alicyclic amines) is 1. The molecule has 4 heterocycles. The molecule has 12 amide bonds. The Hall–Kier alpha value is -11.8. The van der Waals surface area contributed by atoms with Gasteiger partial charge in [0.1, 0.15) is 60.4 Å². The fraction of sp³-hybridized carbons (Fsp3) is 0.475. The van der Waals surface area contributed by atoms with Crippen molar-refractivity contribution in [1.82, 2.24) is 93.6 Å². The molecule has 3 aromatic carbocycles. The number of hydrogen-bond acceptors (Lipinski definition) is 22. The van der Waals surface area contributed by atoms with E-state index in [-0.39, 0.29) is 132 Å². The van der Waals surface area contributed by atoms with Crippen LogP contribution in [0.25, 0.3) is 10.8 Å². The number of unbranched alkanes of at least 4 members (excludes halogenated alkanes) is 3. The average Bonchev–Trinajstić information content (AvgIpc) is 1.24. The zero-order valence-electron chi connectivity index (χ0n) is 66.0. The summed E-state index contributed by atoms with van der Waals surface area (Å²) in [4.78, 5) is 205. The van der Waals surface area contributed by atoms with Gasteiger partial charge in [0.2, 0.25) is 59.1 Å². The van der Waals surface area contributed by atoms with E-state index >= 15 is 9.59 Å². The van der Waals surface area contributed by atoms with Crippen LogP contribution in [0.5, 0.6) is 0 Å². The molecule has 0 radical (unpaired) electrons. The predicted octanol–water partition coefficient (Wildman–Crippen LogP) is 1.55. The van der Waals surface area contributed by atoms with Crippen LogP contribution in [0.2, 0.25) is 5.02 Å². The Bertz CT molecular complexity index is 4350. The third kappa shape index (κ3) is 29.5. The minimum absolute atomic E-state index is 0.00448. The topological polar surface area (TPSA) is 526 Å². The number of hydrogen-bond donors (Lipinski definition) is 16. The van der Waals surface area contributed by atoms with Gasteiger partial charge in [-0.2, -0.15) is 0 Å². The number of halogens is 1. The van der Waals surface area contributed by atoms with Crippen LogP contribution >= 0.6 is 11.6 Å². The van der Waals surface area contributed by atoms with Crippen LogP contribution in [-0.4, -0.2) is 216 Å². The molecular weight excluding hydrogens is 1520 g/mol. The summed E-state index contributed by atoms with van der Waals surface area (Å²) in [6, 6.07) is 8.80. The van der Waals surface area contributed by atoms with E-state index in [1.807, 2.05) is 56.3 Å². The lowest BCUT2D eigenvalue weighted by atomic mass is 9.99. The number of carbonyl (C=O) groups excluding carboxylic acids is 12. The molecule has 18 N–H and O–H groups in total. The molecule has 7 rings (SSSR count). The Labute approximate surface area is 677 Å². The molecule has 1 saturated heterocycles. The summed E-state index contributed by atoms with van der Waals surface area (Å²) in [6.07, 6.45) is 9.48. The Morgan fingerprint density at radius 3 is 1.49 bits per heavy atom. The van der Waals surface area contributed by atoms with Gasteiger partial charge in [0.05, 0.1) is 6.61 Å². The van der Waals surface area contributed by atoms with Gasteiger partial charge >= 0.3 is 5.97 Å². The van der Waals surface area contributed by atoms with Gasteiger partial charge in [-0.15, -0.1) is 0 Å². The molecule has 1 aliphatic heterocycles. The maximum Gasteiger partial charge on any atom is 0.325 e. The highest BCUT2D eigenvalue weighted by molar-refractivity contribution is 6.30. The van der Waals surface area contributed by atoms with Crippen molar-refractivity contribution in [3.8, 4) is 0 Å². The van der Waals surface area contributed by atoms with Crippen molar-refractivity contribution in [2.24, 2.45) is 5.92 Å². The number of aliphatic hydroxyl groups is 1. The number of nitrogens with one attached hydrogen (secondary N) is 12. The molecule has 0 aliphatic carbocycles. The quantitative estimate of drug-likeness (QED) is 0.0241. The Kier molecular flexibility index (Phi) is 36.6. The van der Waals surface area contributed by atoms with Gasteiger partial charge in [0.15, 0.2) is 23.0 Å². The molecule has 3 aromatic heterocycles. The molecule has 0 unspecified atom stereocenters. The molecule has 1 aliphatic rings. The lowest BCUT2D eigenvalue weighted by Crippen LogP contribution is -2.61. The minimum Gasteiger partial charge on any atom is -0.480 e. The van der Waals surface area contributed by atoms with Crippen molar-refractivity contribution in [3.63, 3.8) is 0 Å². The monoisotopic (exact) mass is 1620 g/mol.